The van der Waals surface area contributed by atoms with Crippen molar-refractivity contribution in [3.8, 4) is 0 Å². The van der Waals surface area contributed by atoms with E-state index in [2.05, 4.69) is 15.2 Å². The number of nitrogens with one attached hydrogen (secondary N) is 1. The molecular formula is C19H17ClFN3OS. The van der Waals surface area contributed by atoms with Crippen molar-refractivity contribution in [2.24, 2.45) is 5.92 Å². The van der Waals surface area contributed by atoms with Gasteiger partial charge in [0.05, 0.1) is 16.1 Å². The molecule has 1 unspecified atom stereocenters. The number of anilines is 2. The predicted molar refractivity (Wildman–Crippen MR) is 105 cm³/mol. The topological polar surface area (TPSA) is 45.2 Å². The van der Waals surface area contributed by atoms with Gasteiger partial charge in [-0.15, -0.1) is 0 Å². The van der Waals surface area contributed by atoms with Gasteiger partial charge in [0.15, 0.2) is 5.13 Å². The third kappa shape index (κ3) is 3.66. The Hall–Kier alpha value is -2.18. The first-order chi connectivity index (χ1) is 12.6. The van der Waals surface area contributed by atoms with E-state index in [0.29, 0.717) is 11.6 Å². The highest BCUT2D eigenvalue weighted by molar-refractivity contribution is 7.22. The summed E-state index contributed by atoms with van der Waals surface area (Å²) in [7, 11) is 0. The van der Waals surface area contributed by atoms with E-state index in [9.17, 15) is 9.18 Å². The Morgan fingerprint density at radius 3 is 2.88 bits per heavy atom. The summed E-state index contributed by atoms with van der Waals surface area (Å²) < 4.78 is 14.2. The number of benzene rings is 2. The fourth-order valence-corrected chi connectivity index (χ4v) is 4.32. The summed E-state index contributed by atoms with van der Waals surface area (Å²) in [6.45, 7) is 1.47. The second-order valence-corrected chi connectivity index (χ2v) is 7.84. The number of thiazole rings is 1. The predicted octanol–water partition coefficient (Wildman–Crippen LogP) is 4.94. The zero-order valence-corrected chi connectivity index (χ0v) is 15.5. The van der Waals surface area contributed by atoms with Gasteiger partial charge in [-0.05, 0) is 55.3 Å². The first-order valence-corrected chi connectivity index (χ1v) is 9.65. The van der Waals surface area contributed by atoms with Crippen LogP contribution in [0.25, 0.3) is 10.2 Å². The number of nitrogens with zero attached hydrogens (tertiary/aromatic N) is 2. The van der Waals surface area contributed by atoms with Crippen molar-refractivity contribution < 1.29 is 9.18 Å². The van der Waals surface area contributed by atoms with Gasteiger partial charge in [0, 0.05) is 23.8 Å². The van der Waals surface area contributed by atoms with Gasteiger partial charge >= 0.3 is 0 Å². The highest BCUT2D eigenvalue weighted by atomic mass is 35.5. The minimum Gasteiger partial charge on any atom is -0.347 e. The maximum Gasteiger partial charge on any atom is 0.229 e. The number of piperidine rings is 1. The summed E-state index contributed by atoms with van der Waals surface area (Å²) in [5, 5.41) is 4.43. The van der Waals surface area contributed by atoms with Crippen LogP contribution in [0.5, 0.6) is 0 Å². The van der Waals surface area contributed by atoms with Gasteiger partial charge in [0.2, 0.25) is 5.91 Å². The second kappa shape index (κ2) is 7.21. The first kappa shape index (κ1) is 17.2. The van der Waals surface area contributed by atoms with Crippen LogP contribution in [0.1, 0.15) is 12.8 Å². The Balaban J connectivity index is 1.47. The molecule has 0 aliphatic carbocycles. The third-order valence-electron chi connectivity index (χ3n) is 4.51. The fraction of sp³-hybridized carbons (Fsp3) is 0.263. The molecule has 2 aromatic carbocycles. The van der Waals surface area contributed by atoms with E-state index in [1.54, 1.807) is 30.3 Å². The third-order valence-corrected chi connectivity index (χ3v) is 5.84. The van der Waals surface area contributed by atoms with Crippen molar-refractivity contribution in [1.82, 2.24) is 4.98 Å². The summed E-state index contributed by atoms with van der Waals surface area (Å²) in [6.07, 6.45) is 1.76. The Bertz CT molecular complexity index is 944. The van der Waals surface area contributed by atoms with Gasteiger partial charge < -0.3 is 10.2 Å². The van der Waals surface area contributed by atoms with Crippen molar-refractivity contribution in [2.45, 2.75) is 12.8 Å². The molecule has 4 nitrogen and oxygen atoms in total. The molecule has 4 rings (SSSR count). The molecule has 0 radical (unpaired) electrons. The standard InChI is InChI=1S/C19H17ClFN3OS/c20-13-3-6-15(7-4-13)22-18(25)12-2-1-9-24(11-12)19-23-16-8-5-14(21)10-17(16)26-19/h3-8,10,12H,1-2,9,11H2,(H,22,25). The van der Waals surface area contributed by atoms with Crippen molar-refractivity contribution in [3.05, 3.63) is 53.3 Å². The monoisotopic (exact) mass is 389 g/mol. The van der Waals surface area contributed by atoms with Crippen LogP contribution in [0, 0.1) is 11.7 Å². The molecule has 0 bridgehead atoms. The quantitative estimate of drug-likeness (QED) is 0.689. The zero-order chi connectivity index (χ0) is 18.1. The number of rotatable bonds is 3. The molecule has 1 amide bonds. The summed E-state index contributed by atoms with van der Waals surface area (Å²) in [6, 6.07) is 11.7. The van der Waals surface area contributed by atoms with Crippen LogP contribution < -0.4 is 10.2 Å². The van der Waals surface area contributed by atoms with E-state index >= 15 is 0 Å². The normalized spacial score (nSPS) is 17.5. The molecule has 3 aromatic rings. The van der Waals surface area contributed by atoms with Crippen molar-refractivity contribution in [2.75, 3.05) is 23.3 Å². The highest BCUT2D eigenvalue weighted by Crippen LogP contribution is 2.32. The number of carbonyl (C=O) groups excluding carboxylic acids is 1. The minimum atomic E-state index is -0.258. The lowest BCUT2D eigenvalue weighted by Gasteiger charge is -2.31. The second-order valence-electron chi connectivity index (χ2n) is 6.39. The minimum absolute atomic E-state index is 0.00387. The molecule has 0 spiro atoms. The lowest BCUT2D eigenvalue weighted by molar-refractivity contribution is -0.120. The molecule has 1 fully saturated rings. The van der Waals surface area contributed by atoms with Gasteiger partial charge in [0.25, 0.3) is 0 Å². The molecule has 1 saturated heterocycles. The number of aromatic nitrogens is 1. The average molecular weight is 390 g/mol. The zero-order valence-electron chi connectivity index (χ0n) is 13.9. The van der Waals surface area contributed by atoms with Crippen molar-refractivity contribution in [3.63, 3.8) is 0 Å². The number of amides is 1. The van der Waals surface area contributed by atoms with E-state index < -0.39 is 0 Å². The van der Waals surface area contributed by atoms with Gasteiger partial charge in [0.1, 0.15) is 5.82 Å². The molecular weight excluding hydrogens is 373 g/mol. The van der Waals surface area contributed by atoms with Crippen LogP contribution in [0.15, 0.2) is 42.5 Å². The number of carbonyl (C=O) groups is 1. The van der Waals surface area contributed by atoms with Crippen molar-refractivity contribution in [1.29, 1.82) is 0 Å². The molecule has 134 valence electrons. The van der Waals surface area contributed by atoms with Crippen LogP contribution in [-0.4, -0.2) is 24.0 Å². The summed E-state index contributed by atoms with van der Waals surface area (Å²) in [4.78, 5) is 19.3. The fourth-order valence-electron chi connectivity index (χ4n) is 3.16. The Morgan fingerprint density at radius 2 is 2.08 bits per heavy atom. The number of hydrogen-bond donors (Lipinski definition) is 1. The van der Waals surface area contributed by atoms with E-state index in [1.807, 2.05) is 0 Å². The van der Waals surface area contributed by atoms with E-state index in [1.165, 1.54) is 23.5 Å². The van der Waals surface area contributed by atoms with Crippen LogP contribution in [-0.2, 0) is 4.79 Å². The molecule has 1 N–H and O–H groups in total. The average Bonchev–Trinajstić information content (AvgIpc) is 3.07. The molecule has 2 heterocycles. The first-order valence-electron chi connectivity index (χ1n) is 8.46. The molecule has 26 heavy (non-hydrogen) atoms. The maximum absolute atomic E-state index is 13.4. The number of halogens is 2. The van der Waals surface area contributed by atoms with Crippen LogP contribution >= 0.6 is 22.9 Å². The van der Waals surface area contributed by atoms with Gasteiger partial charge in [-0.2, -0.15) is 0 Å². The SMILES string of the molecule is O=C(Nc1ccc(Cl)cc1)C1CCCN(c2nc3ccc(F)cc3s2)C1. The summed E-state index contributed by atoms with van der Waals surface area (Å²) >= 11 is 7.34. The Kier molecular flexibility index (Phi) is 4.78. The molecule has 0 saturated carbocycles. The van der Waals surface area contributed by atoms with Gasteiger partial charge in [-0.1, -0.05) is 22.9 Å². The van der Waals surface area contributed by atoms with Crippen LogP contribution in [0.3, 0.4) is 0 Å². The largest absolute Gasteiger partial charge is 0.347 e. The van der Waals surface area contributed by atoms with E-state index in [-0.39, 0.29) is 17.6 Å². The van der Waals surface area contributed by atoms with Crippen molar-refractivity contribution >= 4 is 49.9 Å². The Labute approximate surface area is 159 Å². The summed E-state index contributed by atoms with van der Waals surface area (Å²) in [5.41, 5.74) is 1.53. The highest BCUT2D eigenvalue weighted by Gasteiger charge is 2.27. The van der Waals surface area contributed by atoms with Gasteiger partial charge in [-0.3, -0.25) is 4.79 Å². The van der Waals surface area contributed by atoms with E-state index in [4.69, 9.17) is 11.6 Å². The number of hydrogen-bond acceptors (Lipinski definition) is 4. The molecule has 1 aliphatic rings. The van der Waals surface area contributed by atoms with Crippen LogP contribution in [0.2, 0.25) is 5.02 Å². The summed E-state index contributed by atoms with van der Waals surface area (Å²) in [5.74, 6) is -0.362. The molecule has 1 atom stereocenters. The Morgan fingerprint density at radius 1 is 1.27 bits per heavy atom. The molecule has 1 aliphatic heterocycles. The van der Waals surface area contributed by atoms with Gasteiger partial charge in [-0.25, -0.2) is 9.37 Å². The maximum atomic E-state index is 13.4. The number of fused-ring (bicyclic) bond motifs is 1. The molecule has 1 aromatic heterocycles. The lowest BCUT2D eigenvalue weighted by Crippen LogP contribution is -2.40. The molecule has 7 heteroatoms. The lowest BCUT2D eigenvalue weighted by atomic mass is 9.97. The van der Waals surface area contributed by atoms with Crippen LogP contribution in [0.4, 0.5) is 15.2 Å². The van der Waals surface area contributed by atoms with E-state index in [0.717, 1.165) is 40.4 Å². The smallest absolute Gasteiger partial charge is 0.229 e.